The smallest absolute Gasteiger partial charge is 0.0968 e. The van der Waals surface area contributed by atoms with Crippen molar-refractivity contribution < 1.29 is 9.84 Å². The predicted octanol–water partition coefficient (Wildman–Crippen LogP) is 1.76. The summed E-state index contributed by atoms with van der Waals surface area (Å²) < 4.78 is 6.72. The Balaban J connectivity index is 2.24. The van der Waals surface area contributed by atoms with Crippen LogP contribution in [0.5, 0.6) is 0 Å². The van der Waals surface area contributed by atoms with E-state index >= 15 is 0 Å². The molecule has 0 saturated carbocycles. The van der Waals surface area contributed by atoms with Gasteiger partial charge in [0.15, 0.2) is 0 Å². The molecule has 0 unspecified atom stereocenters. The minimum absolute atomic E-state index is 0.298. The van der Waals surface area contributed by atoms with Gasteiger partial charge in [0.25, 0.3) is 0 Å². The molecule has 1 aromatic carbocycles. The van der Waals surface area contributed by atoms with Crippen molar-refractivity contribution in [2.45, 2.75) is 26.5 Å². The monoisotopic (exact) mass is 275 g/mol. The van der Waals surface area contributed by atoms with Gasteiger partial charge in [0, 0.05) is 24.1 Å². The third-order valence-corrected chi connectivity index (χ3v) is 3.30. The molecule has 5 nitrogen and oxygen atoms in total. The minimum Gasteiger partial charge on any atom is -0.398 e. The van der Waals surface area contributed by atoms with Crippen molar-refractivity contribution in [2.75, 3.05) is 19.5 Å². The van der Waals surface area contributed by atoms with Gasteiger partial charge in [0.2, 0.25) is 0 Å². The summed E-state index contributed by atoms with van der Waals surface area (Å²) in [6.07, 6.45) is -0.561. The largest absolute Gasteiger partial charge is 0.398 e. The number of aromatic nitrogens is 2. The molecule has 1 aromatic heterocycles. The van der Waals surface area contributed by atoms with Crippen LogP contribution in [0.15, 0.2) is 24.3 Å². The van der Waals surface area contributed by atoms with Crippen molar-refractivity contribution in [3.8, 4) is 11.3 Å². The van der Waals surface area contributed by atoms with Crippen molar-refractivity contribution in [3.63, 3.8) is 0 Å². The van der Waals surface area contributed by atoms with Crippen LogP contribution < -0.4 is 5.73 Å². The van der Waals surface area contributed by atoms with E-state index in [0.717, 1.165) is 28.2 Å². The summed E-state index contributed by atoms with van der Waals surface area (Å²) in [5, 5.41) is 14.3. The highest BCUT2D eigenvalue weighted by Gasteiger charge is 2.11. The van der Waals surface area contributed by atoms with Gasteiger partial charge >= 0.3 is 0 Å². The Kier molecular flexibility index (Phi) is 4.42. The number of rotatable bonds is 5. The first-order chi connectivity index (χ1) is 9.51. The molecule has 5 heteroatoms. The van der Waals surface area contributed by atoms with Crippen molar-refractivity contribution in [1.29, 1.82) is 0 Å². The van der Waals surface area contributed by atoms with E-state index in [0.29, 0.717) is 13.2 Å². The number of anilines is 1. The average Bonchev–Trinajstić information content (AvgIpc) is 2.74. The van der Waals surface area contributed by atoms with Crippen LogP contribution in [0.4, 0.5) is 5.69 Å². The van der Waals surface area contributed by atoms with Crippen LogP contribution in [0, 0.1) is 13.8 Å². The summed E-state index contributed by atoms with van der Waals surface area (Å²) in [6, 6.07) is 7.90. The minimum atomic E-state index is -0.561. The van der Waals surface area contributed by atoms with E-state index in [2.05, 4.69) is 5.10 Å². The van der Waals surface area contributed by atoms with E-state index in [4.69, 9.17) is 10.5 Å². The topological polar surface area (TPSA) is 73.3 Å². The molecule has 1 heterocycles. The highest BCUT2D eigenvalue weighted by Crippen LogP contribution is 2.23. The van der Waals surface area contributed by atoms with Crippen LogP contribution in [0.25, 0.3) is 11.3 Å². The Morgan fingerprint density at radius 3 is 2.75 bits per heavy atom. The van der Waals surface area contributed by atoms with Crippen LogP contribution in [0.3, 0.4) is 0 Å². The Hall–Kier alpha value is -1.85. The molecule has 0 saturated heterocycles. The number of methoxy groups -OCH3 is 1. The Labute approximate surface area is 119 Å². The summed E-state index contributed by atoms with van der Waals surface area (Å²) in [5.74, 6) is 0. The Bertz CT molecular complexity index is 593. The lowest BCUT2D eigenvalue weighted by molar-refractivity contribution is 0.0510. The van der Waals surface area contributed by atoms with E-state index in [1.165, 1.54) is 0 Å². The van der Waals surface area contributed by atoms with E-state index in [9.17, 15) is 5.11 Å². The number of benzene rings is 1. The molecular weight excluding hydrogens is 254 g/mol. The molecule has 0 aliphatic heterocycles. The van der Waals surface area contributed by atoms with Crippen molar-refractivity contribution in [2.24, 2.45) is 0 Å². The highest BCUT2D eigenvalue weighted by atomic mass is 16.5. The first kappa shape index (κ1) is 14.6. The molecule has 108 valence electrons. The van der Waals surface area contributed by atoms with E-state index < -0.39 is 6.10 Å². The van der Waals surface area contributed by atoms with Crippen LogP contribution in [-0.4, -0.2) is 34.7 Å². The Morgan fingerprint density at radius 1 is 1.35 bits per heavy atom. The van der Waals surface area contributed by atoms with Crippen molar-refractivity contribution in [3.05, 3.63) is 35.5 Å². The first-order valence-electron chi connectivity index (χ1n) is 6.59. The number of hydrogen-bond acceptors (Lipinski definition) is 4. The van der Waals surface area contributed by atoms with Crippen LogP contribution in [0.1, 0.15) is 11.3 Å². The number of nitrogens with two attached hydrogens (primary N) is 1. The summed E-state index contributed by atoms with van der Waals surface area (Å²) in [6.45, 7) is 4.66. The number of nitrogen functional groups attached to an aromatic ring is 1. The molecule has 3 N–H and O–H groups in total. The third kappa shape index (κ3) is 3.18. The Morgan fingerprint density at radius 2 is 2.10 bits per heavy atom. The molecule has 0 radical (unpaired) electrons. The number of nitrogens with zero attached hydrogens (tertiary/aromatic N) is 2. The van der Waals surface area contributed by atoms with E-state index in [1.54, 1.807) is 11.8 Å². The second-order valence-electron chi connectivity index (χ2n) is 5.03. The number of ether oxygens (including phenoxy) is 1. The standard InChI is InChI=1S/C15H21N3O2/c1-10-4-5-12(7-14(10)16)15-6-11(2)18(17-15)8-13(19)9-20-3/h4-7,13,19H,8-9,16H2,1-3H3/t13-/m1/s1. The maximum absolute atomic E-state index is 9.78. The zero-order valence-corrected chi connectivity index (χ0v) is 12.1. The molecule has 20 heavy (non-hydrogen) atoms. The van der Waals surface area contributed by atoms with Gasteiger partial charge < -0.3 is 15.6 Å². The summed E-state index contributed by atoms with van der Waals surface area (Å²) >= 11 is 0. The van der Waals surface area contributed by atoms with Crippen molar-refractivity contribution in [1.82, 2.24) is 9.78 Å². The zero-order valence-electron chi connectivity index (χ0n) is 12.1. The summed E-state index contributed by atoms with van der Waals surface area (Å²) in [4.78, 5) is 0. The SMILES string of the molecule is COC[C@H](O)Cn1nc(-c2ccc(C)c(N)c2)cc1C. The molecule has 0 spiro atoms. The van der Waals surface area contributed by atoms with Gasteiger partial charge in [0.1, 0.15) is 0 Å². The molecule has 0 aliphatic carbocycles. The van der Waals surface area contributed by atoms with E-state index in [-0.39, 0.29) is 0 Å². The summed E-state index contributed by atoms with van der Waals surface area (Å²) in [7, 11) is 1.57. The fraction of sp³-hybridized carbons (Fsp3) is 0.400. The fourth-order valence-electron chi connectivity index (χ4n) is 2.08. The second-order valence-corrected chi connectivity index (χ2v) is 5.03. The van der Waals surface area contributed by atoms with Crippen LogP contribution in [-0.2, 0) is 11.3 Å². The molecule has 0 bridgehead atoms. The highest BCUT2D eigenvalue weighted by molar-refractivity contribution is 5.66. The quantitative estimate of drug-likeness (QED) is 0.815. The van der Waals surface area contributed by atoms with Gasteiger partial charge in [0.05, 0.1) is 24.9 Å². The lowest BCUT2D eigenvalue weighted by Crippen LogP contribution is -2.22. The molecule has 2 aromatic rings. The second kappa shape index (κ2) is 6.07. The predicted molar refractivity (Wildman–Crippen MR) is 79.4 cm³/mol. The van der Waals surface area contributed by atoms with Gasteiger partial charge in [-0.05, 0) is 31.5 Å². The average molecular weight is 275 g/mol. The number of aliphatic hydroxyl groups excluding tert-OH is 1. The lowest BCUT2D eigenvalue weighted by atomic mass is 10.1. The normalized spacial score (nSPS) is 12.6. The van der Waals surface area contributed by atoms with Gasteiger partial charge in [-0.3, -0.25) is 4.68 Å². The van der Waals surface area contributed by atoms with Crippen LogP contribution in [0.2, 0.25) is 0 Å². The van der Waals surface area contributed by atoms with Gasteiger partial charge in [-0.15, -0.1) is 0 Å². The van der Waals surface area contributed by atoms with Gasteiger partial charge in [-0.25, -0.2) is 0 Å². The summed E-state index contributed by atoms with van der Waals surface area (Å²) in [5.41, 5.74) is 10.6. The number of hydrogen-bond donors (Lipinski definition) is 2. The molecular formula is C15H21N3O2. The maximum atomic E-state index is 9.78. The molecule has 0 aliphatic rings. The lowest BCUT2D eigenvalue weighted by Gasteiger charge is -2.10. The van der Waals surface area contributed by atoms with Gasteiger partial charge in [-0.1, -0.05) is 12.1 Å². The fourth-order valence-corrected chi connectivity index (χ4v) is 2.08. The van der Waals surface area contributed by atoms with Crippen LogP contribution >= 0.6 is 0 Å². The third-order valence-electron chi connectivity index (χ3n) is 3.30. The molecule has 2 rings (SSSR count). The number of aryl methyl sites for hydroxylation is 2. The molecule has 1 atom stereocenters. The molecule has 0 amide bonds. The molecule has 0 fully saturated rings. The van der Waals surface area contributed by atoms with Crippen molar-refractivity contribution >= 4 is 5.69 Å². The maximum Gasteiger partial charge on any atom is 0.0968 e. The zero-order chi connectivity index (χ0) is 14.7. The first-order valence-corrected chi connectivity index (χ1v) is 6.59. The van der Waals surface area contributed by atoms with E-state index in [1.807, 2.05) is 38.1 Å². The number of aliphatic hydroxyl groups is 1. The van der Waals surface area contributed by atoms with Gasteiger partial charge in [-0.2, -0.15) is 5.10 Å².